The normalized spacial score (nSPS) is 22.3. The molecule has 2 unspecified atom stereocenters. The third kappa shape index (κ3) is 3.18. The predicted molar refractivity (Wildman–Crippen MR) is 76.9 cm³/mol. The van der Waals surface area contributed by atoms with E-state index in [4.69, 9.17) is 5.11 Å². The van der Waals surface area contributed by atoms with E-state index < -0.39 is 5.97 Å². The summed E-state index contributed by atoms with van der Waals surface area (Å²) in [6, 6.07) is 6.44. The topological polar surface area (TPSA) is 57.6 Å². The van der Waals surface area contributed by atoms with Gasteiger partial charge in [-0.2, -0.15) is 0 Å². The van der Waals surface area contributed by atoms with Crippen molar-refractivity contribution in [2.24, 2.45) is 5.92 Å². The lowest BCUT2D eigenvalue weighted by atomic mass is 9.86. The van der Waals surface area contributed by atoms with Crippen molar-refractivity contribution >= 4 is 11.9 Å². The molecule has 2 atom stereocenters. The molecule has 1 aliphatic carbocycles. The molecule has 108 valence electrons. The molecule has 0 radical (unpaired) electrons. The number of carbonyl (C=O) groups excluding carboxylic acids is 1. The van der Waals surface area contributed by atoms with Crippen molar-refractivity contribution in [3.63, 3.8) is 0 Å². The number of hydrogen-bond acceptors (Lipinski definition) is 2. The SMILES string of the molecule is CC1CCCC(N(C)C(=O)c2ccc(C(=O)O)cc2)C1. The Kier molecular flexibility index (Phi) is 4.42. The summed E-state index contributed by atoms with van der Waals surface area (Å²) in [5.41, 5.74) is 0.756. The van der Waals surface area contributed by atoms with Crippen LogP contribution in [0.2, 0.25) is 0 Å². The van der Waals surface area contributed by atoms with Crippen molar-refractivity contribution in [2.45, 2.75) is 38.6 Å². The van der Waals surface area contributed by atoms with Crippen LogP contribution in [0.4, 0.5) is 0 Å². The van der Waals surface area contributed by atoms with Crippen molar-refractivity contribution in [1.82, 2.24) is 4.90 Å². The van der Waals surface area contributed by atoms with Crippen LogP contribution < -0.4 is 0 Å². The van der Waals surface area contributed by atoms with Crippen molar-refractivity contribution in [2.75, 3.05) is 7.05 Å². The van der Waals surface area contributed by atoms with Crippen LogP contribution in [-0.4, -0.2) is 35.0 Å². The zero-order chi connectivity index (χ0) is 14.7. The van der Waals surface area contributed by atoms with Crippen molar-refractivity contribution in [3.05, 3.63) is 35.4 Å². The lowest BCUT2D eigenvalue weighted by Gasteiger charge is -2.34. The fraction of sp³-hybridized carbons (Fsp3) is 0.500. The molecule has 1 aliphatic rings. The maximum atomic E-state index is 12.4. The molecule has 0 bridgehead atoms. The van der Waals surface area contributed by atoms with Gasteiger partial charge in [-0.25, -0.2) is 4.79 Å². The van der Waals surface area contributed by atoms with Crippen LogP contribution in [-0.2, 0) is 0 Å². The number of benzene rings is 1. The summed E-state index contributed by atoms with van der Waals surface area (Å²) in [7, 11) is 1.84. The summed E-state index contributed by atoms with van der Waals surface area (Å²) in [5, 5.41) is 8.86. The van der Waals surface area contributed by atoms with Gasteiger partial charge in [-0.3, -0.25) is 4.79 Å². The van der Waals surface area contributed by atoms with Crippen LogP contribution in [0.5, 0.6) is 0 Å². The molecule has 0 saturated heterocycles. The van der Waals surface area contributed by atoms with E-state index in [0.29, 0.717) is 17.5 Å². The summed E-state index contributed by atoms with van der Waals surface area (Å²) in [5.74, 6) is -0.335. The van der Waals surface area contributed by atoms with Crippen LogP contribution in [0.1, 0.15) is 53.3 Å². The van der Waals surface area contributed by atoms with Gasteiger partial charge in [0, 0.05) is 18.7 Å². The highest BCUT2D eigenvalue weighted by atomic mass is 16.4. The quantitative estimate of drug-likeness (QED) is 0.922. The minimum absolute atomic E-state index is 0.0268. The van der Waals surface area contributed by atoms with Gasteiger partial charge in [0.15, 0.2) is 0 Å². The molecular formula is C16H21NO3. The molecule has 0 spiro atoms. The molecule has 1 N–H and O–H groups in total. The first-order valence-corrected chi connectivity index (χ1v) is 7.09. The lowest BCUT2D eigenvalue weighted by Crippen LogP contribution is -2.39. The van der Waals surface area contributed by atoms with E-state index in [2.05, 4.69) is 6.92 Å². The highest BCUT2D eigenvalue weighted by Crippen LogP contribution is 2.27. The number of carbonyl (C=O) groups is 2. The number of nitrogens with zero attached hydrogens (tertiary/aromatic N) is 1. The van der Waals surface area contributed by atoms with Gasteiger partial charge >= 0.3 is 5.97 Å². The molecule has 1 amide bonds. The molecule has 20 heavy (non-hydrogen) atoms. The number of hydrogen-bond donors (Lipinski definition) is 1. The smallest absolute Gasteiger partial charge is 0.335 e. The van der Waals surface area contributed by atoms with Gasteiger partial charge < -0.3 is 10.0 Å². The Morgan fingerprint density at radius 3 is 2.30 bits per heavy atom. The molecule has 1 aromatic rings. The van der Waals surface area contributed by atoms with E-state index in [-0.39, 0.29) is 11.5 Å². The van der Waals surface area contributed by atoms with Gasteiger partial charge in [0.05, 0.1) is 5.56 Å². The summed E-state index contributed by atoms with van der Waals surface area (Å²) < 4.78 is 0. The number of aromatic carboxylic acids is 1. The fourth-order valence-corrected chi connectivity index (χ4v) is 2.88. The summed E-state index contributed by atoms with van der Waals surface area (Å²) >= 11 is 0. The molecule has 0 heterocycles. The average molecular weight is 275 g/mol. The number of carboxylic acids is 1. The summed E-state index contributed by atoms with van der Waals surface area (Å²) in [4.78, 5) is 25.0. The predicted octanol–water partition coefficient (Wildman–Crippen LogP) is 3.04. The van der Waals surface area contributed by atoms with Crippen LogP contribution in [0.25, 0.3) is 0 Å². The first-order chi connectivity index (χ1) is 9.49. The second kappa shape index (κ2) is 6.07. The van der Waals surface area contributed by atoms with Gasteiger partial charge in [0.1, 0.15) is 0 Å². The van der Waals surface area contributed by atoms with Gasteiger partial charge in [-0.05, 0) is 43.0 Å². The fourth-order valence-electron chi connectivity index (χ4n) is 2.88. The Hall–Kier alpha value is -1.84. The lowest BCUT2D eigenvalue weighted by molar-refractivity contribution is 0.0666. The van der Waals surface area contributed by atoms with Crippen molar-refractivity contribution in [3.8, 4) is 0 Å². The van der Waals surface area contributed by atoms with E-state index in [0.717, 1.165) is 12.8 Å². The van der Waals surface area contributed by atoms with Gasteiger partial charge in [0.25, 0.3) is 5.91 Å². The Morgan fingerprint density at radius 2 is 1.75 bits per heavy atom. The molecule has 4 heteroatoms. The second-order valence-electron chi connectivity index (χ2n) is 5.72. The zero-order valence-corrected chi connectivity index (χ0v) is 12.0. The zero-order valence-electron chi connectivity index (χ0n) is 12.0. The monoisotopic (exact) mass is 275 g/mol. The van der Waals surface area contributed by atoms with E-state index in [1.54, 1.807) is 12.1 Å². The maximum Gasteiger partial charge on any atom is 0.335 e. The molecule has 2 rings (SSSR count). The van der Waals surface area contributed by atoms with Crippen LogP contribution in [0.15, 0.2) is 24.3 Å². The van der Waals surface area contributed by atoms with E-state index in [1.165, 1.54) is 25.0 Å². The Labute approximate surface area is 119 Å². The largest absolute Gasteiger partial charge is 0.478 e. The summed E-state index contributed by atoms with van der Waals surface area (Å²) in [6.45, 7) is 2.23. The second-order valence-corrected chi connectivity index (χ2v) is 5.72. The number of carboxylic acid groups (broad SMARTS) is 1. The standard InChI is InChI=1S/C16H21NO3/c1-11-4-3-5-14(10-11)17(2)15(18)12-6-8-13(9-7-12)16(19)20/h6-9,11,14H,3-5,10H2,1-2H3,(H,19,20). The molecule has 0 aromatic heterocycles. The maximum absolute atomic E-state index is 12.4. The highest BCUT2D eigenvalue weighted by Gasteiger charge is 2.26. The number of rotatable bonds is 3. The van der Waals surface area contributed by atoms with Gasteiger partial charge in [0.2, 0.25) is 0 Å². The minimum atomic E-state index is -0.974. The first kappa shape index (κ1) is 14.6. The number of amides is 1. The van der Waals surface area contributed by atoms with Crippen LogP contribution >= 0.6 is 0 Å². The first-order valence-electron chi connectivity index (χ1n) is 7.09. The van der Waals surface area contributed by atoms with Crippen LogP contribution in [0.3, 0.4) is 0 Å². The molecular weight excluding hydrogens is 254 g/mol. The van der Waals surface area contributed by atoms with Crippen molar-refractivity contribution < 1.29 is 14.7 Å². The molecule has 1 aromatic carbocycles. The minimum Gasteiger partial charge on any atom is -0.478 e. The molecule has 0 aliphatic heterocycles. The van der Waals surface area contributed by atoms with E-state index >= 15 is 0 Å². The Balaban J connectivity index is 2.07. The van der Waals surface area contributed by atoms with E-state index in [9.17, 15) is 9.59 Å². The van der Waals surface area contributed by atoms with Gasteiger partial charge in [-0.15, -0.1) is 0 Å². The van der Waals surface area contributed by atoms with Crippen molar-refractivity contribution in [1.29, 1.82) is 0 Å². The average Bonchev–Trinajstić information content (AvgIpc) is 2.46. The Morgan fingerprint density at radius 1 is 1.15 bits per heavy atom. The Bertz CT molecular complexity index is 495. The molecule has 4 nitrogen and oxygen atoms in total. The molecule has 1 saturated carbocycles. The van der Waals surface area contributed by atoms with E-state index in [1.807, 2.05) is 11.9 Å². The third-order valence-corrected chi connectivity index (χ3v) is 4.16. The summed E-state index contributed by atoms with van der Waals surface area (Å²) in [6.07, 6.45) is 4.52. The van der Waals surface area contributed by atoms with Gasteiger partial charge in [-0.1, -0.05) is 19.8 Å². The van der Waals surface area contributed by atoms with Crippen LogP contribution in [0, 0.1) is 5.92 Å². The third-order valence-electron chi connectivity index (χ3n) is 4.16. The molecule has 1 fully saturated rings. The highest BCUT2D eigenvalue weighted by molar-refractivity contribution is 5.95.